The summed E-state index contributed by atoms with van der Waals surface area (Å²) in [5, 5.41) is 16.6. The van der Waals surface area contributed by atoms with Crippen LogP contribution in [0.4, 0.5) is 13.2 Å². The molecule has 1 saturated carbocycles. The first-order valence-electron chi connectivity index (χ1n) is 9.82. The van der Waals surface area contributed by atoms with Crippen molar-refractivity contribution < 1.29 is 22.7 Å². The predicted molar refractivity (Wildman–Crippen MR) is 103 cm³/mol. The molecule has 0 unspecified atom stereocenters. The zero-order valence-corrected chi connectivity index (χ0v) is 16.6. The zero-order chi connectivity index (χ0) is 21.4. The van der Waals surface area contributed by atoms with Crippen molar-refractivity contribution in [3.8, 4) is 0 Å². The molecule has 1 aliphatic carbocycles. The molecule has 2 aliphatic rings. The van der Waals surface area contributed by atoms with Crippen LogP contribution in [0, 0.1) is 34.0 Å². The molecule has 1 aliphatic heterocycles. The van der Waals surface area contributed by atoms with E-state index in [9.17, 15) is 18.0 Å². The van der Waals surface area contributed by atoms with E-state index >= 15 is 0 Å². The molecule has 1 amide bonds. The van der Waals surface area contributed by atoms with Gasteiger partial charge in [0.25, 0.3) is 0 Å². The van der Waals surface area contributed by atoms with Crippen LogP contribution in [-0.2, 0) is 9.53 Å². The molecule has 3 atom stereocenters. The molecule has 5 nitrogen and oxygen atoms in total. The Labute approximate surface area is 168 Å². The molecule has 8 heteroatoms. The van der Waals surface area contributed by atoms with Gasteiger partial charge in [0, 0.05) is 24.1 Å². The van der Waals surface area contributed by atoms with Gasteiger partial charge in [-0.3, -0.25) is 15.6 Å². The number of nitrogens with zero attached hydrogens (tertiary/aromatic N) is 1. The number of benzene rings is 1. The Bertz CT molecular complexity index is 790. The van der Waals surface area contributed by atoms with Gasteiger partial charge in [-0.1, -0.05) is 25.1 Å². The predicted octanol–water partition coefficient (Wildman–Crippen LogP) is 4.47. The van der Waals surface area contributed by atoms with Crippen molar-refractivity contribution >= 4 is 17.7 Å². The van der Waals surface area contributed by atoms with Crippen LogP contribution < -0.4 is 0 Å². The van der Waals surface area contributed by atoms with Crippen LogP contribution in [0.3, 0.4) is 0 Å². The molecule has 158 valence electrons. The summed E-state index contributed by atoms with van der Waals surface area (Å²) < 4.78 is 44.2. The molecule has 2 N–H and O–H groups in total. The Hall–Kier alpha value is -2.38. The number of hydrogen-bond acceptors (Lipinski definition) is 4. The summed E-state index contributed by atoms with van der Waals surface area (Å²) in [5.74, 6) is -2.93. The summed E-state index contributed by atoms with van der Waals surface area (Å²) in [4.78, 5) is 13.5. The highest BCUT2D eigenvalue weighted by Gasteiger charge is 2.57. The minimum atomic E-state index is -4.54. The monoisotopic (exact) mass is 409 g/mol. The molecule has 29 heavy (non-hydrogen) atoms. The Kier molecular flexibility index (Phi) is 5.74. The molecule has 1 heterocycles. The first-order valence-corrected chi connectivity index (χ1v) is 9.82. The van der Waals surface area contributed by atoms with E-state index in [-0.39, 0.29) is 36.7 Å². The minimum Gasteiger partial charge on any atom is -0.425 e. The number of amides is 1. The van der Waals surface area contributed by atoms with Crippen LogP contribution >= 0.6 is 0 Å². The number of nitrogens with one attached hydrogen (secondary N) is 2. The maximum absolute atomic E-state index is 12.9. The van der Waals surface area contributed by atoms with Crippen LogP contribution in [0.15, 0.2) is 30.3 Å². The lowest BCUT2D eigenvalue weighted by Crippen LogP contribution is -2.50. The van der Waals surface area contributed by atoms with Gasteiger partial charge >= 0.3 is 6.18 Å². The minimum absolute atomic E-state index is 0.0452. The average molecular weight is 409 g/mol. The van der Waals surface area contributed by atoms with Crippen molar-refractivity contribution in [1.29, 1.82) is 10.8 Å². The first kappa shape index (κ1) is 21.3. The van der Waals surface area contributed by atoms with Gasteiger partial charge in [0.1, 0.15) is 5.92 Å². The van der Waals surface area contributed by atoms with E-state index in [1.54, 1.807) is 24.3 Å². The molecule has 1 saturated heterocycles. The van der Waals surface area contributed by atoms with Gasteiger partial charge in [0.05, 0.1) is 0 Å². The Morgan fingerprint density at radius 3 is 2.38 bits per heavy atom. The lowest BCUT2D eigenvalue weighted by atomic mass is 9.74. The normalized spacial score (nSPS) is 24.5. The van der Waals surface area contributed by atoms with Crippen LogP contribution in [0.2, 0.25) is 0 Å². The third kappa shape index (κ3) is 4.31. The standard InChI is InChI=1S/C21H26F3N3O2/c1-13-12-27(18(28)14(2)21(22,23)24)11-8-16(13)20(9-10-20)19(26)29-17(25)15-6-4-3-5-7-15/h3-7,13-14,16,25-26H,8-12H2,1-2H3/t13-,14+,16+/m1/s1. The number of piperidine rings is 1. The molecular formula is C21H26F3N3O2. The number of rotatable bonds is 4. The van der Waals surface area contributed by atoms with E-state index < -0.39 is 23.4 Å². The van der Waals surface area contributed by atoms with Crippen molar-refractivity contribution in [1.82, 2.24) is 4.90 Å². The summed E-state index contributed by atoms with van der Waals surface area (Å²) >= 11 is 0. The smallest absolute Gasteiger partial charge is 0.400 e. The van der Waals surface area contributed by atoms with Crippen molar-refractivity contribution in [2.45, 2.75) is 39.3 Å². The molecular weight excluding hydrogens is 383 g/mol. The lowest BCUT2D eigenvalue weighted by molar-refractivity contribution is -0.187. The van der Waals surface area contributed by atoms with Gasteiger partial charge in [0.15, 0.2) is 5.90 Å². The van der Waals surface area contributed by atoms with Crippen molar-refractivity contribution in [3.05, 3.63) is 35.9 Å². The summed E-state index contributed by atoms with van der Waals surface area (Å²) in [6.07, 6.45) is -2.49. The summed E-state index contributed by atoms with van der Waals surface area (Å²) in [6.45, 7) is 3.31. The number of carbonyl (C=O) groups is 1. The van der Waals surface area contributed by atoms with E-state index in [0.717, 1.165) is 19.8 Å². The molecule has 3 rings (SSSR count). The topological polar surface area (TPSA) is 77.2 Å². The number of hydrogen-bond donors (Lipinski definition) is 2. The number of ether oxygens (including phenoxy) is 1. The fraction of sp³-hybridized carbons (Fsp3) is 0.571. The molecule has 1 aromatic rings. The number of alkyl halides is 3. The maximum atomic E-state index is 12.9. The lowest BCUT2D eigenvalue weighted by Gasteiger charge is -2.41. The second-order valence-corrected chi connectivity index (χ2v) is 8.20. The molecule has 1 aromatic carbocycles. The highest BCUT2D eigenvalue weighted by molar-refractivity contribution is 6.01. The fourth-order valence-corrected chi connectivity index (χ4v) is 4.33. The third-order valence-corrected chi connectivity index (χ3v) is 6.27. The fourth-order valence-electron chi connectivity index (χ4n) is 4.33. The van der Waals surface area contributed by atoms with Crippen LogP contribution in [-0.4, -0.2) is 41.9 Å². The van der Waals surface area contributed by atoms with E-state index in [0.29, 0.717) is 12.0 Å². The second-order valence-electron chi connectivity index (χ2n) is 8.20. The highest BCUT2D eigenvalue weighted by Crippen LogP contribution is 2.57. The number of likely N-dealkylation sites (tertiary alicyclic amines) is 1. The van der Waals surface area contributed by atoms with Crippen molar-refractivity contribution in [2.75, 3.05) is 13.1 Å². The van der Waals surface area contributed by atoms with E-state index in [1.165, 1.54) is 4.90 Å². The third-order valence-electron chi connectivity index (χ3n) is 6.27. The molecule has 0 aromatic heterocycles. The van der Waals surface area contributed by atoms with Crippen molar-refractivity contribution in [3.63, 3.8) is 0 Å². The van der Waals surface area contributed by atoms with Crippen LogP contribution in [0.1, 0.15) is 38.7 Å². The van der Waals surface area contributed by atoms with E-state index in [1.807, 2.05) is 13.0 Å². The highest BCUT2D eigenvalue weighted by atomic mass is 19.4. The molecule has 2 fully saturated rings. The maximum Gasteiger partial charge on any atom is 0.400 e. The van der Waals surface area contributed by atoms with Gasteiger partial charge in [0.2, 0.25) is 11.8 Å². The van der Waals surface area contributed by atoms with Crippen molar-refractivity contribution in [2.24, 2.45) is 23.2 Å². The second kappa shape index (κ2) is 7.80. The first-order chi connectivity index (χ1) is 13.6. The SMILES string of the molecule is C[C@@H]1CN(C(=O)[C@H](C)C(F)(F)F)CC[C@@H]1C1(C(=N)OC(=N)c2ccccc2)CC1. The molecule has 0 bridgehead atoms. The van der Waals surface area contributed by atoms with Gasteiger partial charge in [-0.25, -0.2) is 0 Å². The van der Waals surface area contributed by atoms with E-state index in [4.69, 9.17) is 15.6 Å². The van der Waals surface area contributed by atoms with E-state index in [2.05, 4.69) is 0 Å². The summed E-state index contributed by atoms with van der Waals surface area (Å²) in [7, 11) is 0. The van der Waals surface area contributed by atoms with Crippen LogP contribution in [0.5, 0.6) is 0 Å². The largest absolute Gasteiger partial charge is 0.425 e. The Morgan fingerprint density at radius 1 is 1.24 bits per heavy atom. The summed E-state index contributed by atoms with van der Waals surface area (Å²) in [6, 6.07) is 8.90. The Morgan fingerprint density at radius 2 is 1.86 bits per heavy atom. The van der Waals surface area contributed by atoms with Gasteiger partial charge in [-0.15, -0.1) is 0 Å². The summed E-state index contributed by atoms with van der Waals surface area (Å²) in [5.41, 5.74) is 0.105. The van der Waals surface area contributed by atoms with Gasteiger partial charge < -0.3 is 9.64 Å². The average Bonchev–Trinajstić information content (AvgIpc) is 3.48. The number of halogens is 3. The van der Waals surface area contributed by atoms with Gasteiger partial charge in [-0.2, -0.15) is 13.2 Å². The van der Waals surface area contributed by atoms with Gasteiger partial charge in [-0.05, 0) is 50.2 Å². The quantitative estimate of drug-likeness (QED) is 0.569. The molecule has 0 spiro atoms. The number of carbonyl (C=O) groups excluding carboxylic acids is 1. The zero-order valence-electron chi connectivity index (χ0n) is 16.6. The van der Waals surface area contributed by atoms with Crippen LogP contribution in [0.25, 0.3) is 0 Å². The Balaban J connectivity index is 1.63. The molecule has 0 radical (unpaired) electrons.